The second kappa shape index (κ2) is 8.54. The summed E-state index contributed by atoms with van der Waals surface area (Å²) < 4.78 is 16.6. The number of methoxy groups -OCH3 is 2. The minimum atomic E-state index is -1.23. The Morgan fingerprint density at radius 2 is 1.60 bits per heavy atom. The molecule has 0 saturated carbocycles. The van der Waals surface area contributed by atoms with E-state index in [0.717, 1.165) is 5.56 Å². The summed E-state index contributed by atoms with van der Waals surface area (Å²) in [6.45, 7) is 1.69. The molecule has 1 amide bonds. The number of rotatable bonds is 6. The molecule has 5 nitrogen and oxygen atoms in total. The molecule has 7 heteroatoms. The zero-order valence-electron chi connectivity index (χ0n) is 14.1. The van der Waals surface area contributed by atoms with Crippen molar-refractivity contribution in [2.45, 2.75) is 18.8 Å². The maximum Gasteiger partial charge on any atom is 0.412 e. The quantitative estimate of drug-likeness (QED) is 0.706. The molecule has 0 aliphatic rings. The van der Waals surface area contributed by atoms with Crippen LogP contribution in [0, 0.1) is 0 Å². The van der Waals surface area contributed by atoms with Gasteiger partial charge in [0.05, 0.1) is 0 Å². The Balaban J connectivity index is 2.15. The van der Waals surface area contributed by atoms with Crippen LogP contribution in [0.3, 0.4) is 0 Å². The maximum absolute atomic E-state index is 12.2. The molecule has 1 N–H and O–H groups in total. The number of carbonyl (C=O) groups excluding carboxylic acids is 1. The van der Waals surface area contributed by atoms with Gasteiger partial charge in [0.1, 0.15) is 0 Å². The lowest BCUT2D eigenvalue weighted by atomic mass is 10.0. The van der Waals surface area contributed by atoms with Crippen molar-refractivity contribution in [1.82, 2.24) is 0 Å². The third-order valence-corrected chi connectivity index (χ3v) is 4.15. The first-order valence-electron chi connectivity index (χ1n) is 7.51. The van der Waals surface area contributed by atoms with Crippen LogP contribution in [0.1, 0.15) is 12.5 Å². The second-order valence-corrected chi connectivity index (χ2v) is 6.15. The summed E-state index contributed by atoms with van der Waals surface area (Å²) in [7, 11) is 2.98. The SMILES string of the molecule is COC(OC)(c1ccccc1)C(C)OC(=O)Nc1cc(Cl)cc(Cl)c1. The number of hydrogen-bond acceptors (Lipinski definition) is 4. The van der Waals surface area contributed by atoms with Crippen molar-refractivity contribution in [3.63, 3.8) is 0 Å². The number of nitrogens with one attached hydrogen (secondary N) is 1. The van der Waals surface area contributed by atoms with Crippen LogP contribution in [0.5, 0.6) is 0 Å². The number of hydrogen-bond donors (Lipinski definition) is 1. The van der Waals surface area contributed by atoms with Gasteiger partial charge in [0.15, 0.2) is 6.10 Å². The highest BCUT2D eigenvalue weighted by Crippen LogP contribution is 2.32. The molecule has 1 atom stereocenters. The van der Waals surface area contributed by atoms with Crippen LogP contribution in [0.2, 0.25) is 10.0 Å². The fourth-order valence-corrected chi connectivity index (χ4v) is 3.09. The molecule has 0 aliphatic heterocycles. The number of amides is 1. The largest absolute Gasteiger partial charge is 0.440 e. The van der Waals surface area contributed by atoms with Gasteiger partial charge in [-0.05, 0) is 25.1 Å². The molecule has 0 bridgehead atoms. The van der Waals surface area contributed by atoms with E-state index in [0.29, 0.717) is 15.7 Å². The highest BCUT2D eigenvalue weighted by atomic mass is 35.5. The Morgan fingerprint density at radius 3 is 2.12 bits per heavy atom. The van der Waals surface area contributed by atoms with Gasteiger partial charge in [-0.1, -0.05) is 53.5 Å². The van der Waals surface area contributed by atoms with Crippen LogP contribution in [0.25, 0.3) is 0 Å². The zero-order chi connectivity index (χ0) is 18.4. The molecule has 2 aromatic rings. The van der Waals surface area contributed by atoms with Gasteiger partial charge < -0.3 is 14.2 Å². The Kier molecular flexibility index (Phi) is 6.67. The number of carbonyl (C=O) groups is 1. The van der Waals surface area contributed by atoms with E-state index in [1.807, 2.05) is 30.3 Å². The maximum atomic E-state index is 12.2. The molecule has 0 radical (unpaired) electrons. The number of anilines is 1. The van der Waals surface area contributed by atoms with Crippen molar-refractivity contribution in [2.75, 3.05) is 19.5 Å². The van der Waals surface area contributed by atoms with E-state index in [-0.39, 0.29) is 0 Å². The lowest BCUT2D eigenvalue weighted by molar-refractivity contribution is -0.263. The first kappa shape index (κ1) is 19.5. The zero-order valence-corrected chi connectivity index (χ0v) is 15.6. The highest BCUT2D eigenvalue weighted by Gasteiger charge is 2.41. The molecular weight excluding hydrogens is 365 g/mol. The van der Waals surface area contributed by atoms with Crippen molar-refractivity contribution in [2.24, 2.45) is 0 Å². The van der Waals surface area contributed by atoms with E-state index in [2.05, 4.69) is 5.32 Å². The predicted molar refractivity (Wildman–Crippen MR) is 98.2 cm³/mol. The molecule has 134 valence electrons. The minimum Gasteiger partial charge on any atom is -0.440 e. The molecule has 0 aromatic heterocycles. The van der Waals surface area contributed by atoms with Gasteiger partial charge in [-0.3, -0.25) is 5.32 Å². The molecule has 2 aromatic carbocycles. The number of ether oxygens (including phenoxy) is 3. The van der Waals surface area contributed by atoms with E-state index in [4.69, 9.17) is 37.4 Å². The summed E-state index contributed by atoms with van der Waals surface area (Å²) >= 11 is 11.8. The summed E-state index contributed by atoms with van der Waals surface area (Å²) in [4.78, 5) is 12.2. The normalized spacial score (nSPS) is 12.5. The van der Waals surface area contributed by atoms with Gasteiger partial charge in [0.2, 0.25) is 5.79 Å². The van der Waals surface area contributed by atoms with Crippen molar-refractivity contribution in [3.8, 4) is 0 Å². The second-order valence-electron chi connectivity index (χ2n) is 5.27. The third kappa shape index (κ3) is 4.64. The summed E-state index contributed by atoms with van der Waals surface area (Å²) in [5.74, 6) is -1.23. The minimum absolute atomic E-state index is 0.406. The van der Waals surface area contributed by atoms with Gasteiger partial charge in [0.25, 0.3) is 0 Å². The van der Waals surface area contributed by atoms with E-state index in [1.54, 1.807) is 25.1 Å². The molecule has 25 heavy (non-hydrogen) atoms. The van der Waals surface area contributed by atoms with Crippen molar-refractivity contribution < 1.29 is 19.0 Å². The first-order valence-corrected chi connectivity index (χ1v) is 8.26. The van der Waals surface area contributed by atoms with Crippen LogP contribution in [-0.4, -0.2) is 26.4 Å². The fourth-order valence-electron chi connectivity index (χ4n) is 2.57. The van der Waals surface area contributed by atoms with Crippen LogP contribution < -0.4 is 5.32 Å². The van der Waals surface area contributed by atoms with Gasteiger partial charge in [-0.2, -0.15) is 0 Å². The Hall–Kier alpha value is -1.79. The standard InChI is InChI=1S/C18H19Cl2NO4/c1-12(18(23-2,24-3)13-7-5-4-6-8-13)25-17(22)21-16-10-14(19)9-15(20)11-16/h4-12H,1-3H3,(H,21,22). The summed E-state index contributed by atoms with van der Waals surface area (Å²) in [5, 5.41) is 3.40. The fraction of sp³-hybridized carbons (Fsp3) is 0.278. The van der Waals surface area contributed by atoms with Gasteiger partial charge >= 0.3 is 6.09 Å². The molecule has 0 saturated heterocycles. The molecule has 0 heterocycles. The van der Waals surface area contributed by atoms with Crippen molar-refractivity contribution in [1.29, 1.82) is 0 Å². The molecular formula is C18H19Cl2NO4. The molecule has 1 unspecified atom stereocenters. The highest BCUT2D eigenvalue weighted by molar-refractivity contribution is 6.35. The molecule has 0 fully saturated rings. The van der Waals surface area contributed by atoms with Crippen LogP contribution in [0.15, 0.2) is 48.5 Å². The molecule has 2 rings (SSSR count). The smallest absolute Gasteiger partial charge is 0.412 e. The molecule has 0 aliphatic carbocycles. The first-order chi connectivity index (χ1) is 11.9. The van der Waals surface area contributed by atoms with Crippen LogP contribution in [0.4, 0.5) is 10.5 Å². The van der Waals surface area contributed by atoms with Gasteiger partial charge in [0, 0.05) is 35.5 Å². The van der Waals surface area contributed by atoms with Crippen molar-refractivity contribution >= 4 is 35.0 Å². The predicted octanol–water partition coefficient (Wildman–Crippen LogP) is 5.08. The Labute approximate surface area is 156 Å². The summed E-state index contributed by atoms with van der Waals surface area (Å²) in [6, 6.07) is 13.9. The Bertz CT molecular complexity index is 700. The van der Waals surface area contributed by atoms with Crippen molar-refractivity contribution in [3.05, 3.63) is 64.1 Å². The average Bonchev–Trinajstić information content (AvgIpc) is 2.56. The summed E-state index contributed by atoms with van der Waals surface area (Å²) in [5.41, 5.74) is 1.15. The monoisotopic (exact) mass is 383 g/mol. The number of benzene rings is 2. The third-order valence-electron chi connectivity index (χ3n) is 3.71. The lowest BCUT2D eigenvalue weighted by Crippen LogP contribution is -2.44. The van der Waals surface area contributed by atoms with Gasteiger partial charge in [-0.15, -0.1) is 0 Å². The Morgan fingerprint density at radius 1 is 1.04 bits per heavy atom. The number of halogens is 2. The van der Waals surface area contributed by atoms with Crippen LogP contribution >= 0.6 is 23.2 Å². The average molecular weight is 384 g/mol. The topological polar surface area (TPSA) is 56.8 Å². The van der Waals surface area contributed by atoms with E-state index in [1.165, 1.54) is 14.2 Å². The van der Waals surface area contributed by atoms with E-state index < -0.39 is 18.0 Å². The van der Waals surface area contributed by atoms with E-state index in [9.17, 15) is 4.79 Å². The molecule has 0 spiro atoms. The lowest BCUT2D eigenvalue weighted by Gasteiger charge is -2.35. The van der Waals surface area contributed by atoms with Gasteiger partial charge in [-0.25, -0.2) is 4.79 Å². The summed E-state index contributed by atoms with van der Waals surface area (Å²) in [6.07, 6.45) is -1.42. The van der Waals surface area contributed by atoms with E-state index >= 15 is 0 Å². The van der Waals surface area contributed by atoms with Crippen LogP contribution in [-0.2, 0) is 20.0 Å².